The third kappa shape index (κ3) is 5.29. The summed E-state index contributed by atoms with van der Waals surface area (Å²) in [5.74, 6) is -0.860. The Morgan fingerprint density at radius 2 is 1.79 bits per heavy atom. The van der Waals surface area contributed by atoms with E-state index in [1.807, 2.05) is 26.8 Å². The van der Waals surface area contributed by atoms with Gasteiger partial charge in [0.05, 0.1) is 6.10 Å². The third-order valence-corrected chi connectivity index (χ3v) is 6.88. The fourth-order valence-electron chi connectivity index (χ4n) is 4.53. The highest BCUT2D eigenvalue weighted by Gasteiger charge is 2.51. The van der Waals surface area contributed by atoms with E-state index in [1.165, 1.54) is 11.1 Å². The lowest BCUT2D eigenvalue weighted by molar-refractivity contribution is -0.126. The first-order chi connectivity index (χ1) is 13.6. The second kappa shape index (κ2) is 9.90. The summed E-state index contributed by atoms with van der Waals surface area (Å²) in [6.07, 6.45) is 10.4. The van der Waals surface area contributed by atoms with Crippen molar-refractivity contribution < 1.29 is 20.1 Å². The fourth-order valence-corrected chi connectivity index (χ4v) is 4.53. The monoisotopic (exact) mass is 402 g/mol. The number of hydrogen-bond acceptors (Lipinski definition) is 4. The zero-order valence-corrected chi connectivity index (χ0v) is 18.7. The Labute approximate surface area is 175 Å². The topological polar surface area (TPSA) is 77.8 Å². The third-order valence-electron chi connectivity index (χ3n) is 6.88. The van der Waals surface area contributed by atoms with Gasteiger partial charge < -0.3 is 15.3 Å². The van der Waals surface area contributed by atoms with Gasteiger partial charge >= 0.3 is 0 Å². The van der Waals surface area contributed by atoms with E-state index in [0.717, 1.165) is 24.8 Å². The Hall–Kier alpha value is -1.65. The molecule has 4 nitrogen and oxygen atoms in total. The van der Waals surface area contributed by atoms with Gasteiger partial charge in [-0.25, -0.2) is 0 Å². The maximum absolute atomic E-state index is 13.1. The van der Waals surface area contributed by atoms with Crippen molar-refractivity contribution in [3.05, 3.63) is 46.3 Å². The highest BCUT2D eigenvalue weighted by atomic mass is 16.3. The molecule has 0 aromatic rings. The maximum atomic E-state index is 13.1. The van der Waals surface area contributed by atoms with E-state index in [-0.39, 0.29) is 30.0 Å². The second-order valence-electron chi connectivity index (χ2n) is 9.27. The minimum Gasteiger partial charge on any atom is -0.504 e. The molecule has 0 aromatic heterocycles. The van der Waals surface area contributed by atoms with Crippen molar-refractivity contribution in [2.75, 3.05) is 6.61 Å². The zero-order chi connectivity index (χ0) is 21.8. The van der Waals surface area contributed by atoms with E-state index in [4.69, 9.17) is 0 Å². The van der Waals surface area contributed by atoms with E-state index in [0.29, 0.717) is 24.8 Å². The van der Waals surface area contributed by atoms with Crippen LogP contribution in [0.1, 0.15) is 73.1 Å². The second-order valence-corrected chi connectivity index (χ2v) is 9.27. The Morgan fingerprint density at radius 1 is 1.14 bits per heavy atom. The van der Waals surface area contributed by atoms with Gasteiger partial charge in [-0.05, 0) is 70.4 Å². The molecule has 2 rings (SSSR count). The minimum absolute atomic E-state index is 0.107. The lowest BCUT2D eigenvalue weighted by atomic mass is 9.70. The predicted molar refractivity (Wildman–Crippen MR) is 117 cm³/mol. The lowest BCUT2D eigenvalue weighted by Gasteiger charge is -2.32. The van der Waals surface area contributed by atoms with Crippen molar-refractivity contribution in [1.82, 2.24) is 0 Å². The molecule has 0 radical (unpaired) electrons. The summed E-state index contributed by atoms with van der Waals surface area (Å²) < 4.78 is 0. The SMILES string of the molecule is C/C1=C\C[C@]2(C)C(=O)C(O)=C([C@H](C)CO)[C@H]2C/C=C(\C)[C@H](O)CC/C(C)=C/CC1. The van der Waals surface area contributed by atoms with Gasteiger partial charge in [0.1, 0.15) is 0 Å². The molecule has 2 aliphatic carbocycles. The van der Waals surface area contributed by atoms with Crippen LogP contribution >= 0.6 is 0 Å². The molecule has 0 saturated carbocycles. The van der Waals surface area contributed by atoms with Crippen molar-refractivity contribution in [3.63, 3.8) is 0 Å². The first-order valence-electron chi connectivity index (χ1n) is 10.9. The molecular formula is C25H38O4. The Balaban J connectivity index is 2.46. The molecule has 4 atom stereocenters. The number of allylic oxidation sites excluding steroid dienone is 6. The molecular weight excluding hydrogens is 364 g/mol. The van der Waals surface area contributed by atoms with Crippen LogP contribution in [0.15, 0.2) is 46.3 Å². The molecule has 0 amide bonds. The van der Waals surface area contributed by atoms with Gasteiger partial charge in [0.2, 0.25) is 5.78 Å². The maximum Gasteiger partial charge on any atom is 0.203 e. The largest absolute Gasteiger partial charge is 0.504 e. The molecule has 0 saturated heterocycles. The van der Waals surface area contributed by atoms with E-state index < -0.39 is 11.5 Å². The van der Waals surface area contributed by atoms with Crippen LogP contribution in [0, 0.1) is 17.3 Å². The van der Waals surface area contributed by atoms with Crippen LogP contribution in [-0.2, 0) is 4.79 Å². The van der Waals surface area contributed by atoms with Crippen LogP contribution in [-0.4, -0.2) is 33.8 Å². The van der Waals surface area contributed by atoms with Gasteiger partial charge in [-0.15, -0.1) is 0 Å². The van der Waals surface area contributed by atoms with Gasteiger partial charge in [-0.1, -0.05) is 43.2 Å². The van der Waals surface area contributed by atoms with Gasteiger partial charge in [0.25, 0.3) is 0 Å². The van der Waals surface area contributed by atoms with E-state index >= 15 is 0 Å². The normalized spacial score (nSPS) is 36.7. The molecule has 4 heteroatoms. The number of fused-ring (bicyclic) bond motifs is 1. The van der Waals surface area contributed by atoms with Gasteiger partial charge in [0.15, 0.2) is 5.76 Å². The van der Waals surface area contributed by atoms with Gasteiger partial charge in [-0.3, -0.25) is 4.79 Å². The van der Waals surface area contributed by atoms with Crippen molar-refractivity contribution >= 4 is 5.78 Å². The van der Waals surface area contributed by atoms with Gasteiger partial charge in [0, 0.05) is 23.9 Å². The van der Waals surface area contributed by atoms with E-state index in [2.05, 4.69) is 26.0 Å². The lowest BCUT2D eigenvalue weighted by Crippen LogP contribution is -2.32. The summed E-state index contributed by atoms with van der Waals surface area (Å²) in [4.78, 5) is 13.1. The van der Waals surface area contributed by atoms with Crippen LogP contribution in [0.2, 0.25) is 0 Å². The highest BCUT2D eigenvalue weighted by Crippen LogP contribution is 2.50. The van der Waals surface area contributed by atoms with Crippen LogP contribution in [0.4, 0.5) is 0 Å². The van der Waals surface area contributed by atoms with Crippen LogP contribution in [0.5, 0.6) is 0 Å². The molecule has 162 valence electrons. The summed E-state index contributed by atoms with van der Waals surface area (Å²) in [5.41, 5.74) is 3.36. The molecule has 0 unspecified atom stereocenters. The summed E-state index contributed by atoms with van der Waals surface area (Å²) in [7, 11) is 0. The number of hydrogen-bond donors (Lipinski definition) is 3. The molecule has 0 heterocycles. The molecule has 0 bridgehead atoms. The molecule has 0 spiro atoms. The van der Waals surface area contributed by atoms with Gasteiger partial charge in [-0.2, -0.15) is 0 Å². The number of aliphatic hydroxyl groups is 3. The average Bonchev–Trinajstić information content (AvgIpc) is 2.88. The molecule has 2 aliphatic rings. The molecule has 0 aromatic carbocycles. The van der Waals surface area contributed by atoms with E-state index in [1.54, 1.807) is 0 Å². The first-order valence-corrected chi connectivity index (χ1v) is 10.9. The fraction of sp³-hybridized carbons (Fsp3) is 0.640. The summed E-state index contributed by atoms with van der Waals surface area (Å²) in [6.45, 7) is 9.81. The quantitative estimate of drug-likeness (QED) is 0.556. The standard InChI is InChI=1S/C25H38O4/c1-16-7-6-8-17(2)13-14-25(5)20(11-10-18(3)21(27)12-9-16)22(19(4)15-26)23(28)24(25)29/h7,10,13,19-21,26-28H,6,8-9,11-12,14-15H2,1-5H3/b16-7+,17-13+,18-10+/t19-,20-,21-,25+/m1/s1. The zero-order valence-electron chi connectivity index (χ0n) is 18.7. The first kappa shape index (κ1) is 23.6. The van der Waals surface area contributed by atoms with Crippen molar-refractivity contribution in [1.29, 1.82) is 0 Å². The number of aliphatic hydroxyl groups excluding tert-OH is 3. The van der Waals surface area contributed by atoms with Crippen molar-refractivity contribution in [3.8, 4) is 0 Å². The number of Topliss-reactive ketones (excluding diaryl/α,β-unsaturated/α-hetero) is 1. The number of ketones is 1. The predicted octanol–water partition coefficient (Wildman–Crippen LogP) is 5.19. The summed E-state index contributed by atoms with van der Waals surface area (Å²) in [5, 5.41) is 30.9. The molecule has 0 aliphatic heterocycles. The van der Waals surface area contributed by atoms with Crippen molar-refractivity contribution in [2.45, 2.75) is 79.2 Å². The average molecular weight is 403 g/mol. The highest BCUT2D eigenvalue weighted by molar-refractivity contribution is 6.02. The van der Waals surface area contributed by atoms with Crippen LogP contribution in [0.3, 0.4) is 0 Å². The Bertz CT molecular complexity index is 740. The summed E-state index contributed by atoms with van der Waals surface area (Å²) >= 11 is 0. The number of carbonyl (C=O) groups excluding carboxylic acids is 1. The summed E-state index contributed by atoms with van der Waals surface area (Å²) in [6, 6.07) is 0. The Kier molecular flexibility index (Phi) is 8.07. The molecule has 29 heavy (non-hydrogen) atoms. The van der Waals surface area contributed by atoms with E-state index in [9.17, 15) is 20.1 Å². The Morgan fingerprint density at radius 3 is 2.45 bits per heavy atom. The minimum atomic E-state index is -0.738. The number of rotatable bonds is 2. The smallest absolute Gasteiger partial charge is 0.203 e. The van der Waals surface area contributed by atoms with Crippen molar-refractivity contribution in [2.24, 2.45) is 17.3 Å². The molecule has 0 fully saturated rings. The van der Waals surface area contributed by atoms with Crippen LogP contribution < -0.4 is 0 Å². The van der Waals surface area contributed by atoms with Crippen LogP contribution in [0.25, 0.3) is 0 Å². The number of carbonyl (C=O) groups is 1. The molecule has 3 N–H and O–H groups in total.